The van der Waals surface area contributed by atoms with Gasteiger partial charge in [0.05, 0.1) is 34.1 Å². The summed E-state index contributed by atoms with van der Waals surface area (Å²) in [7, 11) is -4.91. The van der Waals surface area contributed by atoms with Gasteiger partial charge in [0, 0.05) is 25.3 Å². The second kappa shape index (κ2) is 27.0. The number of alkyl halides is 3. The average Bonchev–Trinajstić information content (AvgIpc) is 3.27. The number of halogens is 6. The van der Waals surface area contributed by atoms with E-state index in [0.29, 0.717) is 5.75 Å². The van der Waals surface area contributed by atoms with Crippen LogP contribution in [-0.2, 0) is 25.8 Å². The molecule has 30 heteroatoms. The minimum Gasteiger partial charge on any atom is -0.494 e. The van der Waals surface area contributed by atoms with E-state index in [0.717, 1.165) is 6.07 Å². The number of carbonyl (C=O) groups is 3. The number of methoxy groups -OCH3 is 2. The smallest absolute Gasteiger partial charge is 0.389 e. The lowest BCUT2D eigenvalue weighted by Gasteiger charge is -2.13. The van der Waals surface area contributed by atoms with Crippen LogP contribution in [0.5, 0.6) is 23.3 Å². The summed E-state index contributed by atoms with van der Waals surface area (Å²) in [5.41, 5.74) is 10.2. The Morgan fingerprint density at radius 3 is 2.06 bits per heavy atom. The van der Waals surface area contributed by atoms with E-state index in [2.05, 4.69) is 20.3 Å². The van der Waals surface area contributed by atoms with E-state index in [4.69, 9.17) is 75.6 Å². The highest BCUT2D eigenvalue weighted by Gasteiger charge is 2.29. The SMILES string of the molecule is COc1c(Cl)ccc(Cl)c1C(=O)O.COc1nc(C)nc(NC(=O)NS(=O)(=O)c2ccccc2CCC(F)(F)F)n1.CP(=O)(O)CCC(N)C(=O)O.Nc1c([N+](=O)[O-])ccc(Oc2ccccc2)c1Cl. The minimum absolute atomic E-state index is 0.0352. The number of nitrogens with two attached hydrogens (primary N) is 2. The van der Waals surface area contributed by atoms with Gasteiger partial charge in [-0.15, -0.1) is 0 Å². The Morgan fingerprint density at radius 2 is 1.53 bits per heavy atom. The fourth-order valence-electron chi connectivity index (χ4n) is 5.01. The van der Waals surface area contributed by atoms with Crippen LogP contribution < -0.4 is 35.7 Å². The molecule has 5 aromatic rings. The third-order valence-corrected chi connectivity index (χ3v) is 11.8. The number of nitro benzene ring substituents is 1. The van der Waals surface area contributed by atoms with E-state index < -0.39 is 70.2 Å². The molecule has 2 atom stereocenters. The number of amides is 2. The molecule has 22 nitrogen and oxygen atoms in total. The molecule has 0 saturated carbocycles. The number of anilines is 2. The Balaban J connectivity index is 0.000000344. The highest BCUT2D eigenvalue weighted by atomic mass is 35.5. The van der Waals surface area contributed by atoms with Crippen LogP contribution in [-0.4, -0.2) is 101 Å². The van der Waals surface area contributed by atoms with E-state index in [1.54, 1.807) is 29.0 Å². The van der Waals surface area contributed by atoms with Gasteiger partial charge in [0.15, 0.2) is 13.1 Å². The number of nitrogen functional groups attached to an aromatic ring is 1. The summed E-state index contributed by atoms with van der Waals surface area (Å²) < 4.78 is 89.7. The standard InChI is InChI=1S/C15H16F3N5O4S.C12H9ClN2O3.C8H6Cl2O3.C5H12NO4P/c1-9-19-12(22-14(20-9)27-2)21-13(24)23-28(25,26)11-6-4-3-5-10(11)7-8-15(16,17)18;13-11-10(18-8-4-2-1-3-5-8)7-6-9(12(11)14)15(16)17;1-13-7-5(10)3-2-4(9)6(7)8(11)12;1-11(9,10)3-2-4(6)5(7)8/h3-6H,7-8H2,1-2H3,(H2,19,20,21,22,23,24);1-7H,14H2;2-3H,1H3,(H,11,12);4H,2-3,6H2,1H3,(H,7,8)(H,9,10). The summed E-state index contributed by atoms with van der Waals surface area (Å²) in [6.07, 6.45) is -6.20. The second-order valence-electron chi connectivity index (χ2n) is 13.7. The summed E-state index contributed by atoms with van der Waals surface area (Å²) in [6, 6.07) is 17.3. The third kappa shape index (κ3) is 20.2. The Hall–Kier alpha value is -6.54. The summed E-state index contributed by atoms with van der Waals surface area (Å²) in [6.45, 7) is 2.68. The molecule has 0 aliphatic carbocycles. The number of ether oxygens (including phenoxy) is 3. The molecule has 0 fully saturated rings. The zero-order chi connectivity index (χ0) is 53.1. The molecule has 5 rings (SSSR count). The van der Waals surface area contributed by atoms with Crippen LogP contribution in [0.25, 0.3) is 0 Å². The van der Waals surface area contributed by atoms with Gasteiger partial charge < -0.3 is 40.8 Å². The zero-order valence-electron chi connectivity index (χ0n) is 36.8. The third-order valence-electron chi connectivity index (χ3n) is 8.24. The number of urea groups is 1. The van der Waals surface area contributed by atoms with Crippen LogP contribution in [0.4, 0.5) is 35.3 Å². The Labute approximate surface area is 411 Å². The number of benzene rings is 4. The fourth-order valence-corrected chi connectivity index (χ4v) is 7.61. The van der Waals surface area contributed by atoms with Gasteiger partial charge >= 0.3 is 30.2 Å². The number of aromatic carboxylic acids is 1. The number of hydrogen-bond acceptors (Lipinski definition) is 16. The van der Waals surface area contributed by atoms with Crippen LogP contribution in [0, 0.1) is 17.0 Å². The van der Waals surface area contributed by atoms with E-state index in [9.17, 15) is 50.7 Å². The summed E-state index contributed by atoms with van der Waals surface area (Å²) in [5, 5.41) is 30.2. The maximum absolute atomic E-state index is 12.5. The largest absolute Gasteiger partial charge is 0.494 e. The molecule has 380 valence electrons. The van der Waals surface area contributed by atoms with Gasteiger partial charge in [-0.05, 0) is 61.7 Å². The molecule has 0 radical (unpaired) electrons. The van der Waals surface area contributed by atoms with Gasteiger partial charge in [-0.1, -0.05) is 71.2 Å². The Morgan fingerprint density at radius 1 is 0.929 bits per heavy atom. The molecule has 0 saturated heterocycles. The number of carboxylic acid groups (broad SMARTS) is 2. The fraction of sp³-hybridized carbons (Fsp3) is 0.250. The Kier molecular flexibility index (Phi) is 23.0. The van der Waals surface area contributed by atoms with E-state index >= 15 is 0 Å². The quantitative estimate of drug-likeness (QED) is 0.0225. The van der Waals surface area contributed by atoms with Crippen molar-refractivity contribution >= 4 is 87.5 Å². The highest BCUT2D eigenvalue weighted by molar-refractivity contribution is 7.90. The predicted molar refractivity (Wildman–Crippen MR) is 251 cm³/mol. The number of hydrogen-bond donors (Lipinski definition) is 7. The van der Waals surface area contributed by atoms with Crippen molar-refractivity contribution in [1.82, 2.24) is 19.7 Å². The van der Waals surface area contributed by atoms with Crippen LogP contribution >= 0.6 is 42.2 Å². The van der Waals surface area contributed by atoms with E-state index in [-0.39, 0.29) is 79.4 Å². The van der Waals surface area contributed by atoms with Crippen LogP contribution in [0.2, 0.25) is 15.1 Å². The maximum Gasteiger partial charge on any atom is 0.389 e. The van der Waals surface area contributed by atoms with Gasteiger partial charge in [-0.3, -0.25) is 24.8 Å². The average molecular weight is 1090 g/mol. The molecule has 0 aliphatic rings. The topological polar surface area (TPSA) is 349 Å². The molecule has 1 heterocycles. The molecule has 0 spiro atoms. The van der Waals surface area contributed by atoms with Crippen molar-refractivity contribution in [3.05, 3.63) is 121 Å². The number of carboxylic acids is 2. The molecular formula is C40H43Cl3F3N8O14PS. The first-order valence-corrected chi connectivity index (χ1v) is 24.1. The highest BCUT2D eigenvalue weighted by Crippen LogP contribution is 2.39. The van der Waals surface area contributed by atoms with Gasteiger partial charge in [0.25, 0.3) is 15.7 Å². The Bertz CT molecular complexity index is 2800. The van der Waals surface area contributed by atoms with Crippen LogP contribution in [0.3, 0.4) is 0 Å². The van der Waals surface area contributed by atoms with Gasteiger partial charge in [-0.25, -0.2) is 22.7 Å². The number of nitrogens with one attached hydrogen (secondary N) is 2. The lowest BCUT2D eigenvalue weighted by atomic mass is 10.1. The van der Waals surface area contributed by atoms with Crippen molar-refractivity contribution in [2.45, 2.75) is 43.3 Å². The van der Waals surface area contributed by atoms with Crippen molar-refractivity contribution in [2.75, 3.05) is 38.1 Å². The second-order valence-corrected chi connectivity index (χ2v) is 19.1. The van der Waals surface area contributed by atoms with Crippen molar-refractivity contribution in [2.24, 2.45) is 5.73 Å². The monoisotopic (exact) mass is 1080 g/mol. The summed E-state index contributed by atoms with van der Waals surface area (Å²) >= 11 is 17.3. The van der Waals surface area contributed by atoms with Crippen molar-refractivity contribution in [3.63, 3.8) is 0 Å². The first-order valence-electron chi connectivity index (χ1n) is 19.2. The number of rotatable bonds is 15. The molecule has 4 aromatic carbocycles. The minimum atomic E-state index is -4.45. The molecule has 0 aliphatic heterocycles. The van der Waals surface area contributed by atoms with Crippen molar-refractivity contribution in [1.29, 1.82) is 0 Å². The summed E-state index contributed by atoms with van der Waals surface area (Å²) in [4.78, 5) is 62.6. The number of aliphatic carboxylic acids is 1. The van der Waals surface area contributed by atoms with Crippen LogP contribution in [0.1, 0.15) is 34.6 Å². The predicted octanol–water partition coefficient (Wildman–Crippen LogP) is 8.21. The number of nitrogens with zero attached hydrogens (tertiary/aromatic N) is 4. The van der Waals surface area contributed by atoms with Gasteiger partial charge in [0.1, 0.15) is 39.6 Å². The van der Waals surface area contributed by atoms with Gasteiger partial charge in [-0.2, -0.15) is 28.1 Å². The number of para-hydroxylation sites is 1. The normalized spacial score (nSPS) is 12.1. The number of carbonyl (C=O) groups excluding carboxylic acids is 1. The molecular weight excluding hydrogens is 1040 g/mol. The number of aromatic nitrogens is 3. The first-order chi connectivity index (χ1) is 32.5. The lowest BCUT2D eigenvalue weighted by molar-refractivity contribution is -0.383. The van der Waals surface area contributed by atoms with Crippen molar-refractivity contribution in [3.8, 4) is 23.3 Å². The first kappa shape index (κ1) is 59.6. The molecule has 70 heavy (non-hydrogen) atoms. The number of nitro groups is 1. The number of sulfonamides is 1. The number of aryl methyl sites for hydroxylation is 2. The zero-order valence-corrected chi connectivity index (χ0v) is 40.8. The van der Waals surface area contributed by atoms with E-state index in [1.807, 2.05) is 6.07 Å². The van der Waals surface area contributed by atoms with E-state index in [1.165, 1.54) is 70.3 Å². The summed E-state index contributed by atoms with van der Waals surface area (Å²) in [5.74, 6) is -1.41. The molecule has 2 amide bonds. The molecule has 2 unspecified atom stereocenters. The lowest BCUT2D eigenvalue weighted by Crippen LogP contribution is -2.35. The molecule has 0 bridgehead atoms. The van der Waals surface area contributed by atoms with Crippen molar-refractivity contribution < 1.29 is 74.8 Å². The van der Waals surface area contributed by atoms with Gasteiger partial charge in [0.2, 0.25) is 5.95 Å². The molecule has 9 N–H and O–H groups in total. The maximum atomic E-state index is 12.5. The molecule has 1 aromatic heterocycles. The van der Waals surface area contributed by atoms with Crippen LogP contribution in [0.15, 0.2) is 83.8 Å².